The summed E-state index contributed by atoms with van der Waals surface area (Å²) in [5.41, 5.74) is 0. The molecule has 0 fully saturated rings. The number of hydrogen-bond donors (Lipinski definition) is 1. The minimum Gasteiger partial charge on any atom is -1.00 e. The second-order valence-corrected chi connectivity index (χ2v) is 7.85. The van der Waals surface area contributed by atoms with E-state index < -0.39 is 0 Å². The summed E-state index contributed by atoms with van der Waals surface area (Å²) in [5, 5.41) is 2.97. The van der Waals surface area contributed by atoms with Crippen LogP contribution in [-0.4, -0.2) is 5.91 Å². The fourth-order valence-corrected chi connectivity index (χ4v) is 3.46. The molecule has 162 valence electrons. The molecule has 0 saturated heterocycles. The third-order valence-electron chi connectivity index (χ3n) is 5.24. The van der Waals surface area contributed by atoms with Crippen LogP contribution in [-0.2, 0) is 11.5 Å². The first-order valence-corrected chi connectivity index (χ1v) is 11.5. The normalized spacial score (nSPS) is 10.5. The average Bonchev–Trinajstić information content (AvgIpc) is 2.70. The number of nitrogens with zero attached hydrogens (tertiary/aromatic N) is 1. The highest BCUT2D eigenvalue weighted by Gasteiger charge is 2.03. The van der Waals surface area contributed by atoms with Gasteiger partial charge in [0.25, 0.3) is 0 Å². The van der Waals surface area contributed by atoms with Crippen molar-refractivity contribution in [3.05, 3.63) is 30.6 Å². The molecule has 0 unspecified atom stereocenters. The van der Waals surface area contributed by atoms with Gasteiger partial charge >= 0.3 is 0 Å². The summed E-state index contributed by atoms with van der Waals surface area (Å²) >= 11 is 0. The summed E-state index contributed by atoms with van der Waals surface area (Å²) in [7, 11) is 0. The predicted molar refractivity (Wildman–Crippen MR) is 114 cm³/mol. The quantitative estimate of drug-likeness (QED) is 0.292. The first-order valence-electron chi connectivity index (χ1n) is 11.5. The summed E-state index contributed by atoms with van der Waals surface area (Å²) in [6.45, 7) is 2.85. The average molecular weight is 411 g/mol. The van der Waals surface area contributed by atoms with Crippen LogP contribution in [0.15, 0.2) is 30.6 Å². The molecule has 0 radical (unpaired) electrons. The summed E-state index contributed by atoms with van der Waals surface area (Å²) < 4.78 is 1.98. The highest BCUT2D eigenvalue weighted by atomic mass is 35.5. The number of hydrogen-bond acceptors (Lipinski definition) is 1. The van der Waals surface area contributed by atoms with Crippen LogP contribution in [0.2, 0.25) is 0 Å². The number of carbonyl (C=O) groups excluding carboxylic acids is 1. The fraction of sp³-hybridized carbons (Fsp3) is 0.750. The van der Waals surface area contributed by atoms with E-state index in [1.807, 2.05) is 35.2 Å². The van der Waals surface area contributed by atoms with Crippen LogP contribution in [0.4, 0.5) is 0 Å². The van der Waals surface area contributed by atoms with Crippen LogP contribution >= 0.6 is 0 Å². The number of amides is 1. The maximum atomic E-state index is 11.8. The zero-order valence-corrected chi connectivity index (χ0v) is 18.9. The van der Waals surface area contributed by atoms with E-state index in [2.05, 4.69) is 12.2 Å². The Hall–Kier alpha value is -1.09. The van der Waals surface area contributed by atoms with E-state index in [1.54, 1.807) is 0 Å². The van der Waals surface area contributed by atoms with Gasteiger partial charge < -0.3 is 17.7 Å². The Labute approximate surface area is 180 Å². The Morgan fingerprint density at radius 3 is 1.57 bits per heavy atom. The maximum Gasteiger partial charge on any atom is 0.224 e. The fourth-order valence-electron chi connectivity index (χ4n) is 3.46. The second-order valence-electron chi connectivity index (χ2n) is 7.85. The van der Waals surface area contributed by atoms with Gasteiger partial charge in [-0.05, 0) is 6.42 Å². The van der Waals surface area contributed by atoms with E-state index in [-0.39, 0.29) is 18.3 Å². The van der Waals surface area contributed by atoms with Gasteiger partial charge in [-0.15, -0.1) is 0 Å². The highest BCUT2D eigenvalue weighted by Crippen LogP contribution is 2.13. The number of aromatic nitrogens is 1. The lowest BCUT2D eigenvalue weighted by Crippen LogP contribution is -3.00. The minimum atomic E-state index is 0. The Morgan fingerprint density at radius 2 is 1.11 bits per heavy atom. The number of nitrogens with one attached hydrogen (secondary N) is 1. The van der Waals surface area contributed by atoms with E-state index in [0.29, 0.717) is 13.1 Å². The number of rotatable bonds is 18. The standard InChI is InChI=1S/C24H42N2O.ClH/c1-2-3-4-5-6-7-8-9-10-11-12-13-14-15-17-20-24(27)25-23-26-21-18-16-19-22-26;/h16,18-19,21-22H,2-15,17,20,23H2,1H3;1H. The molecule has 0 aliphatic rings. The van der Waals surface area contributed by atoms with Gasteiger partial charge in [-0.1, -0.05) is 103 Å². The van der Waals surface area contributed by atoms with Gasteiger partial charge in [0.15, 0.2) is 12.4 Å². The van der Waals surface area contributed by atoms with Gasteiger partial charge in [0.1, 0.15) is 0 Å². The van der Waals surface area contributed by atoms with Crippen molar-refractivity contribution in [2.24, 2.45) is 0 Å². The van der Waals surface area contributed by atoms with Crippen molar-refractivity contribution >= 4 is 5.91 Å². The van der Waals surface area contributed by atoms with E-state index in [1.165, 1.54) is 89.9 Å². The van der Waals surface area contributed by atoms with Crippen molar-refractivity contribution in [3.8, 4) is 0 Å². The van der Waals surface area contributed by atoms with Crippen molar-refractivity contribution in [1.82, 2.24) is 5.32 Å². The third-order valence-corrected chi connectivity index (χ3v) is 5.24. The third kappa shape index (κ3) is 17.0. The van der Waals surface area contributed by atoms with Crippen molar-refractivity contribution in [2.75, 3.05) is 0 Å². The molecule has 1 aromatic rings. The zero-order valence-electron chi connectivity index (χ0n) is 18.1. The van der Waals surface area contributed by atoms with Gasteiger partial charge in [0.05, 0.1) is 0 Å². The van der Waals surface area contributed by atoms with Gasteiger partial charge in [-0.25, -0.2) is 0 Å². The molecule has 0 bridgehead atoms. The lowest BCUT2D eigenvalue weighted by Gasteiger charge is -2.04. The number of carbonyl (C=O) groups is 1. The molecule has 1 aromatic heterocycles. The molecule has 0 aromatic carbocycles. The summed E-state index contributed by atoms with van der Waals surface area (Å²) in [4.78, 5) is 11.8. The van der Waals surface area contributed by atoms with Crippen LogP contribution in [0.3, 0.4) is 0 Å². The lowest BCUT2D eigenvalue weighted by atomic mass is 10.0. The largest absolute Gasteiger partial charge is 1.00 e. The van der Waals surface area contributed by atoms with Crippen molar-refractivity contribution in [1.29, 1.82) is 0 Å². The second kappa shape index (κ2) is 20.6. The molecular weight excluding hydrogens is 368 g/mol. The Kier molecular flexibility index (Phi) is 19.8. The molecule has 0 atom stereocenters. The molecule has 28 heavy (non-hydrogen) atoms. The first kappa shape index (κ1) is 26.9. The monoisotopic (exact) mass is 410 g/mol. The van der Waals surface area contributed by atoms with Crippen LogP contribution in [0.5, 0.6) is 0 Å². The molecule has 1 rings (SSSR count). The number of unbranched alkanes of at least 4 members (excludes halogenated alkanes) is 14. The highest BCUT2D eigenvalue weighted by molar-refractivity contribution is 5.75. The summed E-state index contributed by atoms with van der Waals surface area (Å²) in [6, 6.07) is 5.93. The first-order chi connectivity index (χ1) is 13.3. The topological polar surface area (TPSA) is 33.0 Å². The molecule has 0 spiro atoms. The van der Waals surface area contributed by atoms with Crippen molar-refractivity contribution < 1.29 is 21.8 Å². The van der Waals surface area contributed by atoms with Gasteiger partial charge in [-0.3, -0.25) is 4.79 Å². The Morgan fingerprint density at radius 1 is 0.679 bits per heavy atom. The van der Waals surface area contributed by atoms with Crippen LogP contribution in [0, 0.1) is 0 Å². The van der Waals surface area contributed by atoms with E-state index >= 15 is 0 Å². The molecule has 3 nitrogen and oxygen atoms in total. The molecular formula is C24H43ClN2O. The molecule has 0 aliphatic carbocycles. The number of pyridine rings is 1. The Balaban J connectivity index is 0.00000729. The van der Waals surface area contributed by atoms with Crippen molar-refractivity contribution in [2.45, 2.75) is 116 Å². The van der Waals surface area contributed by atoms with Crippen LogP contribution in [0.1, 0.15) is 110 Å². The lowest BCUT2D eigenvalue weighted by molar-refractivity contribution is -0.700. The van der Waals surface area contributed by atoms with Crippen LogP contribution in [0.25, 0.3) is 0 Å². The summed E-state index contributed by atoms with van der Waals surface area (Å²) in [6.07, 6.45) is 24.9. The molecule has 1 heterocycles. The molecule has 1 N–H and O–H groups in total. The molecule has 0 aliphatic heterocycles. The van der Waals surface area contributed by atoms with Gasteiger partial charge in [0, 0.05) is 18.6 Å². The maximum absolute atomic E-state index is 11.8. The van der Waals surface area contributed by atoms with E-state index in [9.17, 15) is 4.79 Å². The van der Waals surface area contributed by atoms with Crippen LogP contribution < -0.4 is 22.3 Å². The van der Waals surface area contributed by atoms with E-state index in [4.69, 9.17) is 0 Å². The SMILES string of the molecule is CCCCCCCCCCCCCCCCCC(=O)NC[n+]1ccccc1.[Cl-]. The van der Waals surface area contributed by atoms with E-state index in [0.717, 1.165) is 6.42 Å². The Bertz CT molecular complexity index is 453. The molecule has 1 amide bonds. The molecule has 4 heteroatoms. The molecule has 0 saturated carbocycles. The predicted octanol–water partition coefficient (Wildman–Crippen LogP) is 3.31. The summed E-state index contributed by atoms with van der Waals surface area (Å²) in [5.74, 6) is 0.168. The zero-order chi connectivity index (χ0) is 19.4. The smallest absolute Gasteiger partial charge is 0.224 e. The minimum absolute atomic E-state index is 0. The van der Waals surface area contributed by atoms with Gasteiger partial charge in [-0.2, -0.15) is 4.57 Å². The van der Waals surface area contributed by atoms with Crippen molar-refractivity contribution in [3.63, 3.8) is 0 Å². The van der Waals surface area contributed by atoms with Gasteiger partial charge in [0.2, 0.25) is 12.6 Å². The number of halogens is 1.